The van der Waals surface area contributed by atoms with Gasteiger partial charge in [0, 0.05) is 36.6 Å². The van der Waals surface area contributed by atoms with Crippen LogP contribution in [0.3, 0.4) is 0 Å². The number of carbonyl (C=O) groups excluding carboxylic acids is 1. The number of fused-ring (bicyclic) bond motifs is 1. The molecule has 2 aromatic heterocycles. The fourth-order valence-corrected chi connectivity index (χ4v) is 3.90. The number of carbonyl (C=O) groups is 1. The van der Waals surface area contributed by atoms with Crippen molar-refractivity contribution in [3.8, 4) is 11.3 Å². The Morgan fingerprint density at radius 3 is 3.25 bits per heavy atom. The van der Waals surface area contributed by atoms with Crippen molar-refractivity contribution < 1.29 is 4.79 Å². The average molecular weight is 288 g/mol. The van der Waals surface area contributed by atoms with E-state index in [1.165, 1.54) is 0 Å². The van der Waals surface area contributed by atoms with Gasteiger partial charge in [-0.2, -0.15) is 16.4 Å². The van der Waals surface area contributed by atoms with Crippen molar-refractivity contribution in [1.82, 2.24) is 20.4 Å². The Balaban J connectivity index is 1.57. The maximum Gasteiger partial charge on any atom is 0.272 e. The van der Waals surface area contributed by atoms with E-state index in [9.17, 15) is 4.79 Å². The van der Waals surface area contributed by atoms with Crippen LogP contribution in [0.1, 0.15) is 16.9 Å². The van der Waals surface area contributed by atoms with Gasteiger partial charge in [0.25, 0.3) is 5.91 Å². The summed E-state index contributed by atoms with van der Waals surface area (Å²) in [5.41, 5.74) is 2.50. The number of nitrogens with one attached hydrogen (secondary N) is 2. The molecule has 0 radical (unpaired) electrons. The molecular formula is C14H16N4OS. The number of amides is 1. The van der Waals surface area contributed by atoms with Gasteiger partial charge >= 0.3 is 0 Å². The van der Waals surface area contributed by atoms with Gasteiger partial charge in [0.1, 0.15) is 5.69 Å². The van der Waals surface area contributed by atoms with Crippen molar-refractivity contribution in [1.29, 1.82) is 0 Å². The molecule has 0 aromatic carbocycles. The molecule has 0 unspecified atom stereocenters. The summed E-state index contributed by atoms with van der Waals surface area (Å²) < 4.78 is 0. The first-order valence-electron chi connectivity index (χ1n) is 6.92. The van der Waals surface area contributed by atoms with Gasteiger partial charge in [-0.1, -0.05) is 0 Å². The van der Waals surface area contributed by atoms with Crippen LogP contribution in [0.5, 0.6) is 0 Å². The number of thiophene rings is 1. The van der Waals surface area contributed by atoms with E-state index in [0.29, 0.717) is 17.7 Å². The van der Waals surface area contributed by atoms with Crippen molar-refractivity contribution in [2.45, 2.75) is 12.5 Å². The smallest absolute Gasteiger partial charge is 0.272 e. The predicted octanol–water partition coefficient (Wildman–Crippen LogP) is 1.57. The number of aromatic amines is 1. The van der Waals surface area contributed by atoms with Gasteiger partial charge in [-0.05, 0) is 29.9 Å². The molecule has 2 aliphatic rings. The van der Waals surface area contributed by atoms with Crippen LogP contribution in [0, 0.1) is 5.92 Å². The summed E-state index contributed by atoms with van der Waals surface area (Å²) in [4.78, 5) is 14.6. The van der Waals surface area contributed by atoms with E-state index in [2.05, 4.69) is 15.5 Å². The minimum Gasteiger partial charge on any atom is -0.333 e. The van der Waals surface area contributed by atoms with Crippen LogP contribution in [0.2, 0.25) is 0 Å². The Kier molecular flexibility index (Phi) is 2.85. The lowest BCUT2D eigenvalue weighted by Crippen LogP contribution is -2.39. The minimum absolute atomic E-state index is 0.0789. The number of likely N-dealkylation sites (tertiary alicyclic amines) is 1. The molecule has 4 rings (SSSR count). The van der Waals surface area contributed by atoms with E-state index in [0.717, 1.165) is 37.3 Å². The largest absolute Gasteiger partial charge is 0.333 e. The molecular weight excluding hydrogens is 272 g/mol. The molecule has 2 aliphatic heterocycles. The third-order valence-electron chi connectivity index (χ3n) is 4.33. The molecule has 2 N–H and O–H groups in total. The summed E-state index contributed by atoms with van der Waals surface area (Å²) in [6.45, 7) is 2.82. The maximum atomic E-state index is 12.6. The van der Waals surface area contributed by atoms with Crippen LogP contribution in [0.25, 0.3) is 11.3 Å². The summed E-state index contributed by atoms with van der Waals surface area (Å²) in [6.07, 6.45) is 1.11. The number of hydrogen-bond acceptors (Lipinski definition) is 4. The fourth-order valence-electron chi connectivity index (χ4n) is 3.25. The Morgan fingerprint density at radius 1 is 1.45 bits per heavy atom. The zero-order valence-electron chi connectivity index (χ0n) is 11.0. The predicted molar refractivity (Wildman–Crippen MR) is 77.7 cm³/mol. The molecule has 0 aliphatic carbocycles. The molecule has 0 saturated carbocycles. The molecule has 4 heterocycles. The quantitative estimate of drug-likeness (QED) is 0.882. The van der Waals surface area contributed by atoms with Gasteiger partial charge in [0.15, 0.2) is 0 Å². The molecule has 2 aromatic rings. The first-order valence-corrected chi connectivity index (χ1v) is 7.87. The summed E-state index contributed by atoms with van der Waals surface area (Å²) >= 11 is 1.63. The Labute approximate surface area is 121 Å². The summed E-state index contributed by atoms with van der Waals surface area (Å²) in [7, 11) is 0. The number of aromatic nitrogens is 2. The van der Waals surface area contributed by atoms with E-state index in [1.807, 2.05) is 27.8 Å². The molecule has 1 amide bonds. The van der Waals surface area contributed by atoms with Gasteiger partial charge in [0.2, 0.25) is 0 Å². The van der Waals surface area contributed by atoms with Crippen LogP contribution >= 0.6 is 11.3 Å². The molecule has 0 spiro atoms. The minimum atomic E-state index is 0.0789. The highest BCUT2D eigenvalue weighted by Gasteiger charge is 2.40. The van der Waals surface area contributed by atoms with Gasteiger partial charge in [-0.25, -0.2) is 0 Å². The number of rotatable bonds is 2. The van der Waals surface area contributed by atoms with Crippen LogP contribution in [-0.2, 0) is 0 Å². The van der Waals surface area contributed by atoms with E-state index < -0.39 is 0 Å². The van der Waals surface area contributed by atoms with Gasteiger partial charge in [-0.15, -0.1) is 0 Å². The second-order valence-electron chi connectivity index (χ2n) is 5.45. The Bertz CT molecular complexity index is 621. The lowest BCUT2D eigenvalue weighted by atomic mass is 10.1. The standard InChI is InChI=1S/C14H16N4OS/c19-14(18-3-1-9-6-15-7-13(9)18)12-5-11(16-17-12)10-2-4-20-8-10/h2,4-5,8-9,13,15H,1,3,6-7H2,(H,16,17)/t9-,13+/m1/s1. The molecule has 0 bridgehead atoms. The molecule has 2 atom stereocenters. The topological polar surface area (TPSA) is 61.0 Å². The zero-order chi connectivity index (χ0) is 13.5. The second-order valence-corrected chi connectivity index (χ2v) is 6.23. The first-order chi connectivity index (χ1) is 9.83. The third kappa shape index (κ3) is 1.87. The van der Waals surface area contributed by atoms with Crippen LogP contribution in [-0.4, -0.2) is 46.7 Å². The fraction of sp³-hybridized carbons (Fsp3) is 0.429. The molecule has 2 saturated heterocycles. The molecule has 2 fully saturated rings. The number of nitrogens with zero attached hydrogens (tertiary/aromatic N) is 2. The van der Waals surface area contributed by atoms with Gasteiger partial charge in [-0.3, -0.25) is 9.89 Å². The van der Waals surface area contributed by atoms with E-state index in [-0.39, 0.29) is 5.91 Å². The Hall–Kier alpha value is -1.66. The lowest BCUT2D eigenvalue weighted by molar-refractivity contribution is 0.0731. The normalized spacial score (nSPS) is 25.1. The molecule has 104 valence electrons. The lowest BCUT2D eigenvalue weighted by Gasteiger charge is -2.22. The van der Waals surface area contributed by atoms with Crippen LogP contribution in [0.4, 0.5) is 0 Å². The molecule has 20 heavy (non-hydrogen) atoms. The monoisotopic (exact) mass is 288 g/mol. The molecule has 5 nitrogen and oxygen atoms in total. The van der Waals surface area contributed by atoms with E-state index in [1.54, 1.807) is 11.3 Å². The van der Waals surface area contributed by atoms with Crippen molar-refractivity contribution in [2.75, 3.05) is 19.6 Å². The van der Waals surface area contributed by atoms with Gasteiger partial charge < -0.3 is 10.2 Å². The highest BCUT2D eigenvalue weighted by molar-refractivity contribution is 7.08. The summed E-state index contributed by atoms with van der Waals surface area (Å²) in [6, 6.07) is 4.23. The van der Waals surface area contributed by atoms with E-state index in [4.69, 9.17) is 0 Å². The van der Waals surface area contributed by atoms with Gasteiger partial charge in [0.05, 0.1) is 5.69 Å². The third-order valence-corrected chi connectivity index (χ3v) is 5.01. The van der Waals surface area contributed by atoms with Crippen LogP contribution < -0.4 is 5.32 Å². The highest BCUT2D eigenvalue weighted by atomic mass is 32.1. The first kappa shape index (κ1) is 12.1. The molecule has 6 heteroatoms. The number of hydrogen-bond donors (Lipinski definition) is 2. The van der Waals surface area contributed by atoms with E-state index >= 15 is 0 Å². The average Bonchev–Trinajstić information content (AvgIpc) is 3.20. The van der Waals surface area contributed by atoms with Crippen molar-refractivity contribution >= 4 is 17.2 Å². The second kappa shape index (κ2) is 4.71. The van der Waals surface area contributed by atoms with Crippen molar-refractivity contribution in [3.05, 3.63) is 28.6 Å². The van der Waals surface area contributed by atoms with Crippen LogP contribution in [0.15, 0.2) is 22.9 Å². The maximum absolute atomic E-state index is 12.6. The zero-order valence-corrected chi connectivity index (χ0v) is 11.8. The highest BCUT2D eigenvalue weighted by Crippen LogP contribution is 2.29. The van der Waals surface area contributed by atoms with Crippen molar-refractivity contribution in [3.63, 3.8) is 0 Å². The summed E-state index contributed by atoms with van der Waals surface area (Å²) in [5.74, 6) is 0.702. The van der Waals surface area contributed by atoms with Crippen molar-refractivity contribution in [2.24, 2.45) is 5.92 Å². The summed E-state index contributed by atoms with van der Waals surface area (Å²) in [5, 5.41) is 14.6. The number of H-pyrrole nitrogens is 1. The SMILES string of the molecule is O=C(c1cc(-c2ccsc2)n[nH]1)N1CC[C@@H]2CNC[C@@H]21. The Morgan fingerprint density at radius 2 is 2.40 bits per heavy atom.